The quantitative estimate of drug-likeness (QED) is 0.789. The van der Waals surface area contributed by atoms with Gasteiger partial charge < -0.3 is 14.4 Å². The summed E-state index contributed by atoms with van der Waals surface area (Å²) in [5.41, 5.74) is 3.06. The Morgan fingerprint density at radius 1 is 1.24 bits per heavy atom. The molecule has 1 spiro atoms. The summed E-state index contributed by atoms with van der Waals surface area (Å²) in [5.74, 6) is 1.11. The molecule has 2 saturated heterocycles. The van der Waals surface area contributed by atoms with Crippen molar-refractivity contribution in [2.24, 2.45) is 11.8 Å². The second-order valence-electron chi connectivity index (χ2n) is 9.05. The van der Waals surface area contributed by atoms with E-state index in [1.165, 1.54) is 11.1 Å². The van der Waals surface area contributed by atoms with Crippen LogP contribution in [0.5, 0.6) is 0 Å². The Morgan fingerprint density at radius 3 is 2.40 bits per heavy atom. The molecular weight excluding hydrogens is 310 g/mol. The van der Waals surface area contributed by atoms with Crippen LogP contribution in [0, 0.1) is 11.8 Å². The molecule has 2 aliphatic heterocycles. The molecule has 2 atom stereocenters. The highest BCUT2D eigenvalue weighted by Gasteiger charge is 2.52. The van der Waals surface area contributed by atoms with Crippen molar-refractivity contribution < 1.29 is 9.47 Å². The summed E-state index contributed by atoms with van der Waals surface area (Å²) in [5, 5.41) is 0. The third-order valence-electron chi connectivity index (χ3n) is 5.61. The van der Waals surface area contributed by atoms with Crippen molar-refractivity contribution in [1.29, 1.82) is 0 Å². The number of hydrogen-bond donors (Lipinski definition) is 0. The highest BCUT2D eigenvalue weighted by molar-refractivity contribution is 5.27. The average Bonchev–Trinajstić information content (AvgIpc) is 2.48. The fourth-order valence-electron chi connectivity index (χ4n) is 4.09. The number of ether oxygens (including phenoxy) is 2. The van der Waals surface area contributed by atoms with Crippen LogP contribution in [0.1, 0.15) is 52.2 Å². The van der Waals surface area contributed by atoms with Gasteiger partial charge in [-0.1, -0.05) is 58.9 Å². The predicted molar refractivity (Wildman–Crippen MR) is 102 cm³/mol. The molecule has 3 nitrogen and oxygen atoms in total. The smallest absolute Gasteiger partial charge is 0.278 e. The van der Waals surface area contributed by atoms with Gasteiger partial charge in [0.1, 0.15) is 0 Å². The number of nitrogens with zero attached hydrogens (tertiary/aromatic N) is 1. The Balaban J connectivity index is 1.50. The number of hydrogen-bond acceptors (Lipinski definition) is 3. The molecule has 1 aromatic carbocycles. The Bertz CT molecular complexity index is 606. The minimum absolute atomic E-state index is 0.223. The Morgan fingerprint density at radius 2 is 1.88 bits per heavy atom. The summed E-state index contributed by atoms with van der Waals surface area (Å²) in [7, 11) is 0. The fourth-order valence-corrected chi connectivity index (χ4v) is 4.09. The zero-order valence-corrected chi connectivity index (χ0v) is 16.5. The molecule has 25 heavy (non-hydrogen) atoms. The van der Waals surface area contributed by atoms with Gasteiger partial charge in [0.25, 0.3) is 11.7 Å². The van der Waals surface area contributed by atoms with Gasteiger partial charge in [-0.2, -0.15) is 0 Å². The molecule has 0 aromatic heterocycles. The molecule has 0 aliphatic carbocycles. The van der Waals surface area contributed by atoms with Crippen LogP contribution >= 0.6 is 0 Å². The molecule has 0 saturated carbocycles. The molecule has 138 valence electrons. The van der Waals surface area contributed by atoms with Crippen molar-refractivity contribution in [3.05, 3.63) is 47.9 Å². The van der Waals surface area contributed by atoms with Crippen LogP contribution in [-0.4, -0.2) is 30.3 Å². The largest absolute Gasteiger partial charge is 0.422 e. The maximum absolute atomic E-state index is 5.72. The van der Waals surface area contributed by atoms with Gasteiger partial charge in [-0.05, 0) is 35.5 Å². The molecule has 0 radical (unpaired) electrons. The van der Waals surface area contributed by atoms with E-state index in [-0.39, 0.29) is 11.2 Å². The molecule has 2 fully saturated rings. The van der Waals surface area contributed by atoms with E-state index in [4.69, 9.17) is 9.47 Å². The molecule has 3 rings (SSSR count). The Hall–Kier alpha value is -1.48. The van der Waals surface area contributed by atoms with Crippen LogP contribution in [-0.2, 0) is 21.3 Å². The molecule has 0 amide bonds. The van der Waals surface area contributed by atoms with Crippen molar-refractivity contribution in [3.63, 3.8) is 0 Å². The van der Waals surface area contributed by atoms with E-state index in [2.05, 4.69) is 70.4 Å². The van der Waals surface area contributed by atoms with E-state index >= 15 is 0 Å². The number of likely N-dealkylation sites (tertiary alicyclic amines) is 1. The fraction of sp³-hybridized carbons (Fsp3) is 0.636. The van der Waals surface area contributed by atoms with Crippen molar-refractivity contribution in [2.45, 2.75) is 58.7 Å². The van der Waals surface area contributed by atoms with Crippen molar-refractivity contribution in [3.8, 4) is 0 Å². The summed E-state index contributed by atoms with van der Waals surface area (Å²) in [6.07, 6.45) is 2.06. The van der Waals surface area contributed by atoms with E-state index in [0.717, 1.165) is 32.5 Å². The van der Waals surface area contributed by atoms with E-state index in [9.17, 15) is 0 Å². The standard InChI is InChI=1S/C22H33NO2/c1-16(13-19-7-9-20(10-8-19)21(4,5)6)14-23-12-11-22(17(2)15-23)24-18(3)25-22/h7-10,16-17H,3,11-15H2,1-2,4-6H3. The SMILES string of the molecule is C=C1OC2(CCN(CC(C)Cc3ccc(C(C)(C)C)cc3)CC2C)O1. The van der Waals surface area contributed by atoms with Gasteiger partial charge in [0, 0.05) is 32.0 Å². The van der Waals surface area contributed by atoms with Gasteiger partial charge in [-0.15, -0.1) is 0 Å². The van der Waals surface area contributed by atoms with Crippen LogP contribution in [0.25, 0.3) is 0 Å². The lowest BCUT2D eigenvalue weighted by Gasteiger charge is -2.51. The highest BCUT2D eigenvalue weighted by Crippen LogP contribution is 2.43. The Kier molecular flexibility index (Phi) is 4.89. The molecule has 1 aromatic rings. The maximum Gasteiger partial charge on any atom is 0.278 e. The van der Waals surface area contributed by atoms with Gasteiger partial charge in [0.05, 0.1) is 0 Å². The van der Waals surface area contributed by atoms with Crippen molar-refractivity contribution in [1.82, 2.24) is 4.90 Å². The molecule has 2 heterocycles. The zero-order valence-electron chi connectivity index (χ0n) is 16.5. The van der Waals surface area contributed by atoms with E-state index in [1.54, 1.807) is 0 Å². The first kappa shape index (κ1) is 18.3. The third-order valence-corrected chi connectivity index (χ3v) is 5.61. The van der Waals surface area contributed by atoms with Crippen molar-refractivity contribution >= 4 is 0 Å². The summed E-state index contributed by atoms with van der Waals surface area (Å²) in [6, 6.07) is 9.17. The van der Waals surface area contributed by atoms with Crippen LogP contribution in [0.4, 0.5) is 0 Å². The lowest BCUT2D eigenvalue weighted by Crippen LogP contribution is -2.59. The molecule has 2 aliphatic rings. The van der Waals surface area contributed by atoms with Crippen LogP contribution in [0.15, 0.2) is 36.8 Å². The summed E-state index contributed by atoms with van der Waals surface area (Å²) < 4.78 is 11.4. The first-order valence-corrected chi connectivity index (χ1v) is 9.57. The van der Waals surface area contributed by atoms with Crippen LogP contribution < -0.4 is 0 Å². The van der Waals surface area contributed by atoms with Crippen LogP contribution in [0.3, 0.4) is 0 Å². The molecule has 3 heteroatoms. The molecule has 0 N–H and O–H groups in total. The monoisotopic (exact) mass is 343 g/mol. The lowest BCUT2D eigenvalue weighted by atomic mass is 9.86. The predicted octanol–water partition coefficient (Wildman–Crippen LogP) is 4.72. The van der Waals surface area contributed by atoms with Crippen molar-refractivity contribution in [2.75, 3.05) is 19.6 Å². The average molecular weight is 344 g/mol. The number of benzene rings is 1. The number of piperidine rings is 1. The second-order valence-corrected chi connectivity index (χ2v) is 9.05. The minimum atomic E-state index is -0.389. The first-order valence-electron chi connectivity index (χ1n) is 9.57. The maximum atomic E-state index is 5.72. The summed E-state index contributed by atoms with van der Waals surface area (Å²) in [6.45, 7) is 18.3. The third kappa shape index (κ3) is 4.03. The van der Waals surface area contributed by atoms with E-state index in [1.807, 2.05) is 0 Å². The molecule has 0 bridgehead atoms. The summed E-state index contributed by atoms with van der Waals surface area (Å²) >= 11 is 0. The second kappa shape index (κ2) is 6.68. The van der Waals surface area contributed by atoms with Crippen LogP contribution in [0.2, 0.25) is 0 Å². The van der Waals surface area contributed by atoms with E-state index in [0.29, 0.717) is 17.8 Å². The van der Waals surface area contributed by atoms with Gasteiger partial charge in [-0.3, -0.25) is 0 Å². The topological polar surface area (TPSA) is 21.7 Å². The Labute approximate surface area is 153 Å². The van der Waals surface area contributed by atoms with Gasteiger partial charge in [0.15, 0.2) is 0 Å². The lowest BCUT2D eigenvalue weighted by molar-refractivity contribution is -0.368. The highest BCUT2D eigenvalue weighted by atomic mass is 16.9. The van der Waals surface area contributed by atoms with Gasteiger partial charge in [-0.25, -0.2) is 0 Å². The zero-order chi connectivity index (χ0) is 18.2. The summed E-state index contributed by atoms with van der Waals surface area (Å²) in [4.78, 5) is 2.55. The number of rotatable bonds is 4. The van der Waals surface area contributed by atoms with Gasteiger partial charge >= 0.3 is 0 Å². The van der Waals surface area contributed by atoms with Gasteiger partial charge in [0.2, 0.25) is 0 Å². The first-order chi connectivity index (χ1) is 11.7. The normalized spacial score (nSPS) is 24.4. The van der Waals surface area contributed by atoms with E-state index < -0.39 is 0 Å². The molecule has 2 unspecified atom stereocenters. The minimum Gasteiger partial charge on any atom is -0.422 e. The molecular formula is C22H33NO2.